The average molecular weight is 226 g/mol. The Morgan fingerprint density at radius 3 is 2.14 bits per heavy atom. The second-order valence-electron chi connectivity index (χ2n) is 2.77. The normalized spacial score (nSPS) is 15.8. The monoisotopic (exact) mass is 226 g/mol. The number of rotatable bonds is 8. The van der Waals surface area contributed by atoms with Gasteiger partial charge in [-0.2, -0.15) is 0 Å². The zero-order chi connectivity index (χ0) is 11.0. The number of hydrogen-bond acceptors (Lipinski definition) is 4. The van der Waals surface area contributed by atoms with Crippen molar-refractivity contribution in [1.29, 1.82) is 0 Å². The van der Waals surface area contributed by atoms with Crippen LogP contribution < -0.4 is 0 Å². The van der Waals surface area contributed by atoms with Crippen LogP contribution in [0.25, 0.3) is 0 Å². The second-order valence-corrected chi connectivity index (χ2v) is 4.63. The van der Waals surface area contributed by atoms with Crippen LogP contribution in [-0.2, 0) is 18.6 Å². The molecule has 0 aliphatic rings. The predicted molar refractivity (Wildman–Crippen MR) is 53.4 cm³/mol. The lowest BCUT2D eigenvalue weighted by Crippen LogP contribution is -2.19. The van der Waals surface area contributed by atoms with Crippen LogP contribution in [0.15, 0.2) is 0 Å². The zero-order valence-corrected chi connectivity index (χ0v) is 9.83. The van der Waals surface area contributed by atoms with Crippen molar-refractivity contribution < 1.29 is 23.5 Å². The molecule has 0 radical (unpaired) electrons. The maximum absolute atomic E-state index is 10.8. The van der Waals surface area contributed by atoms with Crippen LogP contribution >= 0.6 is 7.60 Å². The molecule has 1 N–H and O–H groups in total. The van der Waals surface area contributed by atoms with E-state index in [1.165, 1.54) is 0 Å². The van der Waals surface area contributed by atoms with Gasteiger partial charge in [-0.15, -0.1) is 0 Å². The first-order valence-corrected chi connectivity index (χ1v) is 6.70. The van der Waals surface area contributed by atoms with E-state index in [-0.39, 0.29) is 12.9 Å². The molecule has 1 atom stereocenters. The van der Waals surface area contributed by atoms with Crippen LogP contribution in [0.4, 0.5) is 0 Å². The molecule has 0 aromatic carbocycles. The van der Waals surface area contributed by atoms with E-state index in [4.69, 9.17) is 18.9 Å². The minimum atomic E-state index is -3.37. The first-order chi connectivity index (χ1) is 6.49. The summed E-state index contributed by atoms with van der Waals surface area (Å²) in [5.74, 6) is 0. The average Bonchev–Trinajstić information content (AvgIpc) is 2.02. The molecule has 0 bridgehead atoms. The minimum Gasteiger partial charge on any atom is -0.353 e. The second kappa shape index (κ2) is 7.37. The number of hydrogen-bond donors (Lipinski definition) is 1. The summed E-state index contributed by atoms with van der Waals surface area (Å²) in [6, 6.07) is 0. The molecular weight excluding hydrogens is 207 g/mol. The van der Waals surface area contributed by atoms with Crippen LogP contribution in [0.5, 0.6) is 0 Å². The van der Waals surface area contributed by atoms with Gasteiger partial charge < -0.3 is 18.9 Å². The van der Waals surface area contributed by atoms with Crippen molar-refractivity contribution in [3.8, 4) is 0 Å². The Kier molecular flexibility index (Phi) is 7.41. The van der Waals surface area contributed by atoms with Crippen molar-refractivity contribution in [3.05, 3.63) is 0 Å². The smallest absolute Gasteiger partial charge is 0.325 e. The van der Waals surface area contributed by atoms with Crippen molar-refractivity contribution in [2.75, 3.05) is 26.5 Å². The fourth-order valence-electron chi connectivity index (χ4n) is 0.905. The van der Waals surface area contributed by atoms with E-state index in [1.807, 2.05) is 13.8 Å². The lowest BCUT2D eigenvalue weighted by atomic mass is 10.4. The third kappa shape index (κ3) is 8.66. The molecule has 0 aromatic rings. The predicted octanol–water partition coefficient (Wildman–Crippen LogP) is 1.61. The van der Waals surface area contributed by atoms with Gasteiger partial charge in [0.25, 0.3) is 0 Å². The molecule has 5 nitrogen and oxygen atoms in total. The Hall–Kier alpha value is 0.0700. The first-order valence-electron chi connectivity index (χ1n) is 4.67. The molecule has 0 aliphatic carbocycles. The van der Waals surface area contributed by atoms with Crippen LogP contribution in [0.3, 0.4) is 0 Å². The quantitative estimate of drug-likeness (QED) is 0.503. The summed E-state index contributed by atoms with van der Waals surface area (Å²) in [7, 11) is -3.37. The van der Waals surface area contributed by atoms with Crippen molar-refractivity contribution >= 4 is 7.60 Å². The third-order valence-electron chi connectivity index (χ3n) is 1.39. The number of ether oxygens (including phenoxy) is 2. The Morgan fingerprint density at radius 2 is 1.79 bits per heavy atom. The highest BCUT2D eigenvalue weighted by Crippen LogP contribution is 2.36. The van der Waals surface area contributed by atoms with Crippen molar-refractivity contribution in [1.82, 2.24) is 0 Å². The van der Waals surface area contributed by atoms with Gasteiger partial charge in [-0.1, -0.05) is 0 Å². The van der Waals surface area contributed by atoms with Crippen molar-refractivity contribution in [2.45, 2.75) is 26.6 Å². The van der Waals surface area contributed by atoms with Gasteiger partial charge >= 0.3 is 7.60 Å². The molecule has 0 aromatic heterocycles. The molecule has 0 spiro atoms. The maximum Gasteiger partial charge on any atom is 0.325 e. The molecule has 14 heavy (non-hydrogen) atoms. The Balaban J connectivity index is 3.65. The molecule has 1 unspecified atom stereocenters. The van der Waals surface area contributed by atoms with Crippen LogP contribution in [0.1, 0.15) is 20.3 Å². The lowest BCUT2D eigenvalue weighted by Gasteiger charge is -2.17. The topological polar surface area (TPSA) is 65.0 Å². The fourth-order valence-corrected chi connectivity index (χ4v) is 1.35. The van der Waals surface area contributed by atoms with Gasteiger partial charge in [0.05, 0.1) is 6.61 Å². The molecule has 0 saturated heterocycles. The molecule has 86 valence electrons. The summed E-state index contributed by atoms with van der Waals surface area (Å²) in [5, 5.41) is 0. The minimum absolute atomic E-state index is 0.162. The highest BCUT2D eigenvalue weighted by atomic mass is 31.2. The summed E-state index contributed by atoms with van der Waals surface area (Å²) < 4.78 is 25.9. The van der Waals surface area contributed by atoms with Crippen LogP contribution in [0, 0.1) is 0 Å². The van der Waals surface area contributed by atoms with Gasteiger partial charge in [0.15, 0.2) is 6.29 Å². The highest BCUT2D eigenvalue weighted by molar-refractivity contribution is 7.51. The van der Waals surface area contributed by atoms with Gasteiger partial charge in [0.2, 0.25) is 0 Å². The van der Waals surface area contributed by atoms with Crippen LogP contribution in [-0.4, -0.2) is 37.7 Å². The standard InChI is InChI=1S/C8H19O5P/c1-4-11-8(12-5-2)6-7-13-14(3,9)10/h8H,4-7H2,1-3H3,(H,9,10). The Bertz CT molecular complexity index is 173. The summed E-state index contributed by atoms with van der Waals surface area (Å²) in [5.41, 5.74) is 0. The first kappa shape index (κ1) is 14.1. The van der Waals surface area contributed by atoms with E-state index in [0.717, 1.165) is 6.66 Å². The summed E-state index contributed by atoms with van der Waals surface area (Å²) >= 11 is 0. The Morgan fingerprint density at radius 1 is 1.29 bits per heavy atom. The SMILES string of the molecule is CCOC(CCOP(C)(=O)O)OCC. The molecule has 0 fully saturated rings. The third-order valence-corrected chi connectivity index (χ3v) is 2.05. The zero-order valence-electron chi connectivity index (χ0n) is 8.93. The highest BCUT2D eigenvalue weighted by Gasteiger charge is 2.13. The molecule has 0 saturated carbocycles. The van der Waals surface area contributed by atoms with Gasteiger partial charge in [-0.05, 0) is 13.8 Å². The van der Waals surface area contributed by atoms with Gasteiger partial charge in [0, 0.05) is 26.3 Å². The maximum atomic E-state index is 10.8. The summed E-state index contributed by atoms with van der Waals surface area (Å²) in [4.78, 5) is 8.84. The van der Waals surface area contributed by atoms with Crippen LogP contribution in [0.2, 0.25) is 0 Å². The van der Waals surface area contributed by atoms with E-state index >= 15 is 0 Å². The molecule has 0 aliphatic heterocycles. The summed E-state index contributed by atoms with van der Waals surface area (Å²) in [6.45, 7) is 6.15. The van der Waals surface area contributed by atoms with E-state index in [9.17, 15) is 4.57 Å². The van der Waals surface area contributed by atoms with Gasteiger partial charge in [0.1, 0.15) is 0 Å². The fraction of sp³-hybridized carbons (Fsp3) is 1.00. The van der Waals surface area contributed by atoms with E-state index in [0.29, 0.717) is 19.6 Å². The summed E-state index contributed by atoms with van der Waals surface area (Å²) in [6.07, 6.45) is 0.108. The van der Waals surface area contributed by atoms with E-state index in [2.05, 4.69) is 0 Å². The molecular formula is C8H19O5P. The van der Waals surface area contributed by atoms with Gasteiger partial charge in [-0.25, -0.2) is 0 Å². The molecule has 0 heterocycles. The van der Waals surface area contributed by atoms with Crippen molar-refractivity contribution in [3.63, 3.8) is 0 Å². The van der Waals surface area contributed by atoms with E-state index in [1.54, 1.807) is 0 Å². The molecule has 0 rings (SSSR count). The van der Waals surface area contributed by atoms with Gasteiger partial charge in [-0.3, -0.25) is 4.57 Å². The molecule has 6 heteroatoms. The Labute approximate surface area is 84.9 Å². The van der Waals surface area contributed by atoms with Crippen molar-refractivity contribution in [2.24, 2.45) is 0 Å². The van der Waals surface area contributed by atoms with E-state index < -0.39 is 7.60 Å². The molecule has 0 amide bonds. The largest absolute Gasteiger partial charge is 0.353 e. The lowest BCUT2D eigenvalue weighted by molar-refractivity contribution is -0.142.